The van der Waals surface area contributed by atoms with Gasteiger partial charge in [-0.2, -0.15) is 0 Å². The summed E-state index contributed by atoms with van der Waals surface area (Å²) in [6.07, 6.45) is 7.29. The molecular weight excluding hydrogens is 240 g/mol. The minimum atomic E-state index is 0.720. The summed E-state index contributed by atoms with van der Waals surface area (Å²) in [5.41, 5.74) is 0.857. The second-order valence-corrected chi connectivity index (χ2v) is 4.42. The van der Waals surface area contributed by atoms with Gasteiger partial charge in [0, 0.05) is 32.2 Å². The molecule has 0 atom stereocenters. The van der Waals surface area contributed by atoms with Crippen LogP contribution in [0, 0.1) is 0 Å². The standard InChI is InChI=1S/C13H16N6/c1-3-19-7-6-14-11(19)8-18(2)13-10-4-5-15-12(10)16-9-17-13/h4-7,9H,3,8H2,1-2H3,(H,15,16,17). The number of nitrogens with one attached hydrogen (secondary N) is 1. The van der Waals surface area contributed by atoms with E-state index in [1.807, 2.05) is 31.7 Å². The van der Waals surface area contributed by atoms with Crippen molar-refractivity contribution in [1.29, 1.82) is 0 Å². The molecule has 3 heterocycles. The first-order valence-corrected chi connectivity index (χ1v) is 6.29. The van der Waals surface area contributed by atoms with Gasteiger partial charge < -0.3 is 14.5 Å². The van der Waals surface area contributed by atoms with Crippen LogP contribution in [0.5, 0.6) is 0 Å². The molecule has 1 N–H and O–H groups in total. The van der Waals surface area contributed by atoms with Crippen molar-refractivity contribution in [2.45, 2.75) is 20.0 Å². The molecule has 0 spiro atoms. The Morgan fingerprint density at radius 1 is 1.32 bits per heavy atom. The monoisotopic (exact) mass is 256 g/mol. The summed E-state index contributed by atoms with van der Waals surface area (Å²) in [5, 5.41) is 1.03. The van der Waals surface area contributed by atoms with Crippen LogP contribution in [0.4, 0.5) is 5.82 Å². The number of hydrogen-bond acceptors (Lipinski definition) is 4. The number of aryl methyl sites for hydroxylation is 1. The lowest BCUT2D eigenvalue weighted by molar-refractivity contribution is 0.683. The smallest absolute Gasteiger partial charge is 0.142 e. The summed E-state index contributed by atoms with van der Waals surface area (Å²) in [7, 11) is 2.02. The molecule has 3 aromatic rings. The molecule has 0 bridgehead atoms. The molecule has 0 aliphatic rings. The first-order valence-electron chi connectivity index (χ1n) is 6.29. The van der Waals surface area contributed by atoms with Crippen LogP contribution in [-0.2, 0) is 13.1 Å². The molecule has 98 valence electrons. The lowest BCUT2D eigenvalue weighted by Crippen LogP contribution is -2.20. The molecule has 6 heteroatoms. The van der Waals surface area contributed by atoms with E-state index in [9.17, 15) is 0 Å². The van der Waals surface area contributed by atoms with Gasteiger partial charge in [0.15, 0.2) is 0 Å². The average molecular weight is 256 g/mol. The highest BCUT2D eigenvalue weighted by atomic mass is 15.2. The van der Waals surface area contributed by atoms with E-state index in [-0.39, 0.29) is 0 Å². The van der Waals surface area contributed by atoms with Gasteiger partial charge in [0.2, 0.25) is 0 Å². The third-order valence-corrected chi connectivity index (χ3v) is 3.22. The summed E-state index contributed by atoms with van der Waals surface area (Å²) in [4.78, 5) is 18.2. The maximum atomic E-state index is 4.39. The van der Waals surface area contributed by atoms with E-state index in [1.54, 1.807) is 6.33 Å². The highest BCUT2D eigenvalue weighted by Gasteiger charge is 2.11. The Hall–Kier alpha value is -2.37. The largest absolute Gasteiger partial charge is 0.352 e. The van der Waals surface area contributed by atoms with Gasteiger partial charge in [0.25, 0.3) is 0 Å². The van der Waals surface area contributed by atoms with Crippen molar-refractivity contribution in [3.05, 3.63) is 36.8 Å². The number of H-pyrrole nitrogens is 1. The van der Waals surface area contributed by atoms with Crippen LogP contribution >= 0.6 is 0 Å². The summed E-state index contributed by atoms with van der Waals surface area (Å²) in [6, 6.07) is 1.99. The molecule has 0 amide bonds. The third-order valence-electron chi connectivity index (χ3n) is 3.22. The SMILES string of the molecule is CCn1ccnc1CN(C)c1ncnc2[nH]ccc12. The second-order valence-electron chi connectivity index (χ2n) is 4.42. The fourth-order valence-corrected chi connectivity index (χ4v) is 2.23. The molecule has 0 aliphatic heterocycles. The number of rotatable bonds is 4. The Morgan fingerprint density at radius 3 is 3.05 bits per heavy atom. The van der Waals surface area contributed by atoms with E-state index >= 15 is 0 Å². The molecule has 0 saturated carbocycles. The zero-order valence-electron chi connectivity index (χ0n) is 11.0. The van der Waals surface area contributed by atoms with Crippen molar-refractivity contribution in [2.24, 2.45) is 0 Å². The van der Waals surface area contributed by atoms with E-state index in [2.05, 4.69) is 36.3 Å². The molecule has 0 saturated heterocycles. The Morgan fingerprint density at radius 2 is 2.21 bits per heavy atom. The van der Waals surface area contributed by atoms with Gasteiger partial charge in [-0.25, -0.2) is 15.0 Å². The van der Waals surface area contributed by atoms with Gasteiger partial charge in [0.1, 0.15) is 23.6 Å². The number of fused-ring (bicyclic) bond motifs is 1. The molecule has 0 unspecified atom stereocenters. The van der Waals surface area contributed by atoms with Crippen molar-refractivity contribution in [3.8, 4) is 0 Å². The Bertz CT molecular complexity index is 683. The maximum Gasteiger partial charge on any atom is 0.142 e. The summed E-state index contributed by atoms with van der Waals surface area (Å²) >= 11 is 0. The summed E-state index contributed by atoms with van der Waals surface area (Å²) in [5.74, 6) is 1.95. The van der Waals surface area contributed by atoms with E-state index in [1.165, 1.54) is 0 Å². The Balaban J connectivity index is 1.92. The van der Waals surface area contributed by atoms with Gasteiger partial charge in [0.05, 0.1) is 11.9 Å². The minimum absolute atomic E-state index is 0.720. The van der Waals surface area contributed by atoms with Gasteiger partial charge in [-0.15, -0.1) is 0 Å². The molecule has 6 nitrogen and oxygen atoms in total. The minimum Gasteiger partial charge on any atom is -0.352 e. The molecule has 3 aromatic heterocycles. The van der Waals surface area contributed by atoms with Crippen molar-refractivity contribution in [3.63, 3.8) is 0 Å². The van der Waals surface area contributed by atoms with Crippen LogP contribution in [0.25, 0.3) is 11.0 Å². The summed E-state index contributed by atoms with van der Waals surface area (Å²) in [6.45, 7) is 3.75. The average Bonchev–Trinajstić information content (AvgIpc) is 3.05. The Kier molecular flexibility index (Phi) is 2.91. The predicted molar refractivity (Wildman–Crippen MR) is 73.9 cm³/mol. The molecule has 0 aromatic carbocycles. The van der Waals surface area contributed by atoms with Gasteiger partial charge in [-0.05, 0) is 13.0 Å². The van der Waals surface area contributed by atoms with Crippen LogP contribution in [0.2, 0.25) is 0 Å². The summed E-state index contributed by atoms with van der Waals surface area (Å²) < 4.78 is 2.13. The maximum absolute atomic E-state index is 4.39. The van der Waals surface area contributed by atoms with Crippen molar-refractivity contribution >= 4 is 16.9 Å². The lowest BCUT2D eigenvalue weighted by Gasteiger charge is -2.18. The van der Waals surface area contributed by atoms with Crippen LogP contribution in [-0.4, -0.2) is 31.6 Å². The zero-order chi connectivity index (χ0) is 13.2. The molecular formula is C13H16N6. The lowest BCUT2D eigenvalue weighted by atomic mass is 10.3. The van der Waals surface area contributed by atoms with Crippen molar-refractivity contribution in [1.82, 2.24) is 24.5 Å². The Labute approximate surface area is 111 Å². The predicted octanol–water partition coefficient (Wildman–Crippen LogP) is 1.81. The fraction of sp³-hybridized carbons (Fsp3) is 0.308. The number of aromatic nitrogens is 5. The first kappa shape index (κ1) is 11.7. The number of nitrogens with zero attached hydrogens (tertiary/aromatic N) is 5. The third kappa shape index (κ3) is 2.05. The highest BCUT2D eigenvalue weighted by molar-refractivity contribution is 5.87. The zero-order valence-corrected chi connectivity index (χ0v) is 11.0. The number of imidazole rings is 1. The normalized spacial score (nSPS) is 11.1. The molecule has 0 radical (unpaired) electrons. The fourth-order valence-electron chi connectivity index (χ4n) is 2.23. The second kappa shape index (κ2) is 4.72. The van der Waals surface area contributed by atoms with E-state index < -0.39 is 0 Å². The first-order chi connectivity index (χ1) is 9.29. The van der Waals surface area contributed by atoms with Crippen molar-refractivity contribution < 1.29 is 0 Å². The highest BCUT2D eigenvalue weighted by Crippen LogP contribution is 2.21. The molecule has 0 aliphatic carbocycles. The van der Waals surface area contributed by atoms with E-state index in [0.29, 0.717) is 0 Å². The van der Waals surface area contributed by atoms with Crippen LogP contribution in [0.1, 0.15) is 12.7 Å². The van der Waals surface area contributed by atoms with Gasteiger partial charge >= 0.3 is 0 Å². The number of hydrogen-bond donors (Lipinski definition) is 1. The number of anilines is 1. The number of aromatic amines is 1. The van der Waals surface area contributed by atoms with Crippen molar-refractivity contribution in [2.75, 3.05) is 11.9 Å². The van der Waals surface area contributed by atoms with E-state index in [0.717, 1.165) is 35.8 Å². The van der Waals surface area contributed by atoms with Crippen LogP contribution in [0.3, 0.4) is 0 Å². The molecule has 19 heavy (non-hydrogen) atoms. The van der Waals surface area contributed by atoms with Gasteiger partial charge in [-0.3, -0.25) is 0 Å². The van der Waals surface area contributed by atoms with E-state index in [4.69, 9.17) is 0 Å². The molecule has 0 fully saturated rings. The van der Waals surface area contributed by atoms with Crippen LogP contribution < -0.4 is 4.90 Å². The van der Waals surface area contributed by atoms with Crippen LogP contribution in [0.15, 0.2) is 31.0 Å². The van der Waals surface area contributed by atoms with Gasteiger partial charge in [-0.1, -0.05) is 0 Å². The molecule has 3 rings (SSSR count). The quantitative estimate of drug-likeness (QED) is 0.773. The topological polar surface area (TPSA) is 62.6 Å².